The van der Waals surface area contributed by atoms with Crippen molar-refractivity contribution < 1.29 is 186 Å². The summed E-state index contributed by atoms with van der Waals surface area (Å²) in [4.78, 5) is 9.13. The van der Waals surface area contributed by atoms with Crippen molar-refractivity contribution in [2.45, 2.75) is 195 Å². The maximum Gasteiger partial charge on any atom is 0.370 e. The SMILES string of the molecule is C[Si](C)O[Si](C)(C)O.C[Si](C)O[Si](C)(C)O[SiH](C)O[Si](C)(C)O[Si](C)C.C[Si]1CCCO[Si](C)(C)O[Si](C)(C)O1.C[Si]1OCCC[Si](C)(C)O1.C[Si]1OCCC[Si](C)(C)O1.[CH3-].[Y].[Y].[Y].[Y]. The van der Waals surface area contributed by atoms with E-state index in [9.17, 15) is 0 Å². The molecule has 13 nitrogen and oxygen atoms in total. The molecule has 3 fully saturated rings. The molecule has 65 heavy (non-hydrogen) atoms. The smallest absolute Gasteiger partial charge is 0.370 e. The summed E-state index contributed by atoms with van der Waals surface area (Å²) in [5.74, 6) is 0. The summed E-state index contributed by atoms with van der Waals surface area (Å²) in [5.41, 5.74) is 0. The molecule has 0 unspecified atom stereocenters. The second-order valence-electron chi connectivity index (χ2n) is 19.3. The first-order valence-electron chi connectivity index (χ1n) is 21.6. The van der Waals surface area contributed by atoms with E-state index in [-0.39, 0.29) is 138 Å². The van der Waals surface area contributed by atoms with Crippen LogP contribution in [0.2, 0.25) is 175 Å². The van der Waals surface area contributed by atoms with Crippen molar-refractivity contribution >= 4 is 123 Å². The zero-order valence-electron chi connectivity index (χ0n) is 46.1. The van der Waals surface area contributed by atoms with Crippen molar-refractivity contribution in [2.75, 3.05) is 19.8 Å². The van der Waals surface area contributed by atoms with Gasteiger partial charge in [-0.3, -0.25) is 0 Å². The summed E-state index contributed by atoms with van der Waals surface area (Å²) < 4.78 is 69.8. The van der Waals surface area contributed by atoms with E-state index in [0.717, 1.165) is 26.2 Å². The van der Waals surface area contributed by atoms with Crippen LogP contribution in [0.1, 0.15) is 19.3 Å². The van der Waals surface area contributed by atoms with Crippen LogP contribution < -0.4 is 0 Å². The quantitative estimate of drug-likeness (QED) is 0.165. The number of hydrogen-bond donors (Lipinski definition) is 1. The molecule has 0 atom stereocenters. The summed E-state index contributed by atoms with van der Waals surface area (Å²) in [7, 11) is -18.8. The van der Waals surface area contributed by atoms with E-state index < -0.39 is 123 Å². The minimum Gasteiger partial charge on any atom is -0.437 e. The molecular formula is C34H95O13Si14Y4-. The number of rotatable bonds is 10. The third kappa shape index (κ3) is 56.9. The molecule has 0 bridgehead atoms. The third-order valence-electron chi connectivity index (χ3n) is 7.58. The molecule has 3 rings (SSSR count). The Morgan fingerprint density at radius 1 is 0.554 bits per heavy atom. The van der Waals surface area contributed by atoms with Gasteiger partial charge >= 0.3 is 70.7 Å². The van der Waals surface area contributed by atoms with Crippen molar-refractivity contribution in [2.24, 2.45) is 0 Å². The van der Waals surface area contributed by atoms with Crippen molar-refractivity contribution in [3.05, 3.63) is 7.43 Å². The maximum absolute atomic E-state index is 9.13. The van der Waals surface area contributed by atoms with Gasteiger partial charge in [-0.15, -0.1) is 0 Å². The van der Waals surface area contributed by atoms with E-state index in [4.69, 9.17) is 55.1 Å². The molecule has 10 radical (unpaired) electrons. The van der Waals surface area contributed by atoms with Gasteiger partial charge in [-0.1, -0.05) is 0 Å². The van der Waals surface area contributed by atoms with Crippen molar-refractivity contribution in [1.29, 1.82) is 0 Å². The van der Waals surface area contributed by atoms with E-state index in [1.165, 1.54) is 31.0 Å². The van der Waals surface area contributed by atoms with E-state index in [1.54, 1.807) is 13.1 Å². The Morgan fingerprint density at radius 3 is 1.22 bits per heavy atom. The Labute approximate surface area is 523 Å². The van der Waals surface area contributed by atoms with E-state index in [0.29, 0.717) is 0 Å². The van der Waals surface area contributed by atoms with Crippen LogP contribution in [0.3, 0.4) is 0 Å². The fraction of sp³-hybridized carbons (Fsp3) is 0.971. The minimum atomic E-state index is -2.18. The van der Waals surface area contributed by atoms with Crippen LogP contribution in [0.15, 0.2) is 0 Å². The van der Waals surface area contributed by atoms with E-state index in [1.807, 2.05) is 13.1 Å². The molecule has 31 heteroatoms. The predicted molar refractivity (Wildman–Crippen MR) is 287 cm³/mol. The zero-order chi connectivity index (χ0) is 47.4. The molecular weight excluding hydrogens is 1370 g/mol. The standard InChI is InChI=1S/C9H28O4Si5.C8H21O3Si3.2C6H15O2Si2.C4H13O2Si2.CH3.4Y/c1-14(2)10-17(6,7)12-16(5)13-18(8,9)11-15(3)4;1-12-8-6-7-9-13(2,3)11-14(4,5)10-12;2*1-9-7-5-4-6-10(2,3)8-9;1-7(2)6-8(3,4)5;;;;;/h16H,1-9H3;6-8H2,1-5H3;2*4-6H2,1-3H3;5H,1-4H3;1H3;;;;/q;;;;;-1;;;;. The maximum atomic E-state index is 9.13. The van der Waals surface area contributed by atoms with Crippen LogP contribution in [-0.2, 0) is 181 Å². The first-order valence-corrected chi connectivity index (χ1v) is 57.0. The largest absolute Gasteiger partial charge is 0.437 e. The van der Waals surface area contributed by atoms with Gasteiger partial charge in [0.15, 0.2) is 52.8 Å². The fourth-order valence-electron chi connectivity index (χ4n) is 6.47. The second-order valence-corrected chi connectivity index (χ2v) is 60.4. The van der Waals surface area contributed by atoms with Crippen LogP contribution in [-0.4, -0.2) is 148 Å². The number of hydrogen-bond acceptors (Lipinski definition) is 13. The Bertz CT molecular complexity index is 1090. The van der Waals surface area contributed by atoms with Crippen LogP contribution in [0, 0.1) is 7.43 Å². The average molecular weight is 1460 g/mol. The van der Waals surface area contributed by atoms with Crippen LogP contribution in [0.4, 0.5) is 0 Å². The van der Waals surface area contributed by atoms with Gasteiger partial charge in [-0.25, -0.2) is 0 Å². The Hall–Kier alpha value is 6.93. The summed E-state index contributed by atoms with van der Waals surface area (Å²) in [6.07, 6.45) is 3.51. The average Bonchev–Trinajstić information content (AvgIpc) is 3.20. The van der Waals surface area contributed by atoms with Gasteiger partial charge in [0.1, 0.15) is 0 Å². The molecule has 0 aromatic carbocycles. The summed E-state index contributed by atoms with van der Waals surface area (Å²) in [5, 5.41) is 0. The molecule has 0 aromatic heterocycles. The van der Waals surface area contributed by atoms with Gasteiger partial charge in [0.25, 0.3) is 0 Å². The molecule has 0 aromatic rings. The van der Waals surface area contributed by atoms with Gasteiger partial charge < -0.3 is 62.5 Å². The van der Waals surface area contributed by atoms with E-state index >= 15 is 0 Å². The van der Waals surface area contributed by atoms with Crippen molar-refractivity contribution in [3.63, 3.8) is 0 Å². The van der Waals surface area contributed by atoms with Gasteiger partial charge in [0.2, 0.25) is 0 Å². The molecule has 3 saturated heterocycles. The van der Waals surface area contributed by atoms with Gasteiger partial charge in [-0.05, 0) is 195 Å². The third-order valence-corrected chi connectivity index (χ3v) is 45.9. The van der Waals surface area contributed by atoms with Crippen molar-refractivity contribution in [3.8, 4) is 0 Å². The summed E-state index contributed by atoms with van der Waals surface area (Å²) >= 11 is 0. The zero-order valence-corrected chi connectivity index (χ0v) is 71.6. The monoisotopic (exact) mass is 1460 g/mol. The summed E-state index contributed by atoms with van der Waals surface area (Å²) in [6.45, 7) is 53.3. The first kappa shape index (κ1) is 85.8. The molecule has 0 aliphatic carbocycles. The van der Waals surface area contributed by atoms with Crippen LogP contribution in [0.25, 0.3) is 0 Å². The molecule has 0 saturated carbocycles. The van der Waals surface area contributed by atoms with E-state index in [2.05, 4.69) is 131 Å². The van der Waals surface area contributed by atoms with Gasteiger partial charge in [-0.2, -0.15) is 0 Å². The van der Waals surface area contributed by atoms with Crippen molar-refractivity contribution in [1.82, 2.24) is 0 Å². The topological polar surface area (TPSA) is 131 Å². The Morgan fingerprint density at radius 2 is 0.908 bits per heavy atom. The molecule has 0 amide bonds. The second kappa shape index (κ2) is 42.0. The molecule has 3 heterocycles. The predicted octanol–water partition coefficient (Wildman–Crippen LogP) is 10.2. The molecule has 378 valence electrons. The Kier molecular flexibility index (Phi) is 55.4. The van der Waals surface area contributed by atoms with Gasteiger partial charge in [0.05, 0.1) is 0 Å². The van der Waals surface area contributed by atoms with Crippen LogP contribution >= 0.6 is 0 Å². The molecule has 3 aliphatic heterocycles. The first-order chi connectivity index (χ1) is 26.9. The normalized spacial score (nSPS) is 20.3. The van der Waals surface area contributed by atoms with Crippen LogP contribution in [0.5, 0.6) is 0 Å². The molecule has 0 spiro atoms. The minimum absolute atomic E-state index is 0. The summed E-state index contributed by atoms with van der Waals surface area (Å²) in [6, 6.07) is 3.69. The fourth-order valence-corrected chi connectivity index (χ4v) is 47.5. The Balaban J connectivity index is -0.000000130. The molecule has 1 N–H and O–H groups in total. The molecule has 3 aliphatic rings. The van der Waals surface area contributed by atoms with Gasteiger partial charge in [0, 0.05) is 151 Å².